The highest BCUT2D eigenvalue weighted by Crippen LogP contribution is 2.43. The van der Waals surface area contributed by atoms with E-state index in [9.17, 15) is 31.4 Å². The Morgan fingerprint density at radius 1 is 1.11 bits per heavy atom. The Bertz CT molecular complexity index is 456. The molecule has 1 aromatic rings. The number of benzene rings is 1. The summed E-state index contributed by atoms with van der Waals surface area (Å²) in [7, 11) is 0. The molecule has 0 amide bonds. The monoisotopic (exact) mass is 337 g/mol. The standard InChI is InChI=1S/C9H6BrF6NO/c10-3-1-4(7(17)9(14,15)16)6(18)5(2-3)8(11,12)13/h1-2,7,18H,17H2/t7-/m0/s1. The van der Waals surface area contributed by atoms with Crippen LogP contribution < -0.4 is 5.73 Å². The predicted octanol–water partition coefficient (Wildman–Crippen LogP) is 3.74. The van der Waals surface area contributed by atoms with Crippen molar-refractivity contribution >= 4 is 15.9 Å². The van der Waals surface area contributed by atoms with Gasteiger partial charge < -0.3 is 10.8 Å². The molecule has 1 rings (SSSR count). The number of alkyl halides is 6. The first-order valence-electron chi connectivity index (χ1n) is 4.36. The van der Waals surface area contributed by atoms with Crippen LogP contribution in [0.2, 0.25) is 0 Å². The number of aromatic hydroxyl groups is 1. The SMILES string of the molecule is N[C@@H](c1cc(Br)cc(C(F)(F)F)c1O)C(F)(F)F. The lowest BCUT2D eigenvalue weighted by atomic mass is 10.0. The average molecular weight is 338 g/mol. The van der Waals surface area contributed by atoms with E-state index < -0.39 is 35.3 Å². The molecule has 0 unspecified atom stereocenters. The molecule has 0 bridgehead atoms. The van der Waals surface area contributed by atoms with Crippen LogP contribution in [-0.4, -0.2) is 11.3 Å². The first-order chi connectivity index (χ1) is 7.94. The van der Waals surface area contributed by atoms with Crippen molar-refractivity contribution in [2.45, 2.75) is 18.4 Å². The molecule has 9 heteroatoms. The largest absolute Gasteiger partial charge is 0.507 e. The van der Waals surface area contributed by atoms with Crippen LogP contribution in [0.15, 0.2) is 16.6 Å². The van der Waals surface area contributed by atoms with E-state index in [0.29, 0.717) is 12.1 Å². The zero-order valence-corrected chi connectivity index (χ0v) is 9.99. The maximum Gasteiger partial charge on any atom is 0.420 e. The maximum absolute atomic E-state index is 12.5. The van der Waals surface area contributed by atoms with Crippen LogP contribution in [-0.2, 0) is 6.18 Å². The van der Waals surface area contributed by atoms with E-state index in [4.69, 9.17) is 5.73 Å². The van der Waals surface area contributed by atoms with Crippen molar-refractivity contribution in [3.8, 4) is 5.75 Å². The molecule has 102 valence electrons. The van der Waals surface area contributed by atoms with Crippen LogP contribution in [0.25, 0.3) is 0 Å². The summed E-state index contributed by atoms with van der Waals surface area (Å²) in [5.41, 5.74) is 2.17. The van der Waals surface area contributed by atoms with Gasteiger partial charge in [0.1, 0.15) is 11.8 Å². The van der Waals surface area contributed by atoms with E-state index in [2.05, 4.69) is 15.9 Å². The Kier molecular flexibility index (Phi) is 3.87. The molecule has 0 aliphatic heterocycles. The second kappa shape index (κ2) is 4.61. The molecule has 0 saturated heterocycles. The first-order valence-corrected chi connectivity index (χ1v) is 5.15. The zero-order chi connectivity index (χ0) is 14.3. The van der Waals surface area contributed by atoms with Gasteiger partial charge in [-0.1, -0.05) is 15.9 Å². The molecule has 0 aromatic heterocycles. The summed E-state index contributed by atoms with van der Waals surface area (Å²) in [5.74, 6) is -1.52. The normalized spacial score (nSPS) is 14.7. The topological polar surface area (TPSA) is 46.2 Å². The lowest BCUT2D eigenvalue weighted by Crippen LogP contribution is -2.29. The number of phenols is 1. The van der Waals surface area contributed by atoms with E-state index in [0.717, 1.165) is 0 Å². The summed E-state index contributed by atoms with van der Waals surface area (Å²) in [6, 6.07) is -1.53. The molecule has 1 aromatic carbocycles. The van der Waals surface area contributed by atoms with Crippen LogP contribution in [0.5, 0.6) is 5.75 Å². The Morgan fingerprint density at radius 2 is 1.61 bits per heavy atom. The van der Waals surface area contributed by atoms with Gasteiger partial charge >= 0.3 is 12.4 Å². The summed E-state index contributed by atoms with van der Waals surface area (Å²) in [6.07, 6.45) is -9.94. The number of nitrogens with two attached hydrogens (primary N) is 1. The second-order valence-electron chi connectivity index (χ2n) is 3.41. The van der Waals surface area contributed by atoms with Gasteiger partial charge in [0.15, 0.2) is 0 Å². The maximum atomic E-state index is 12.5. The number of rotatable bonds is 1. The summed E-state index contributed by atoms with van der Waals surface area (Å²) in [6.45, 7) is 0. The minimum absolute atomic E-state index is 0.262. The number of halogens is 7. The van der Waals surface area contributed by atoms with Crippen molar-refractivity contribution in [3.63, 3.8) is 0 Å². The first kappa shape index (κ1) is 15.1. The Labute approximate surface area is 106 Å². The van der Waals surface area contributed by atoms with Gasteiger partial charge in [-0.25, -0.2) is 0 Å². The quantitative estimate of drug-likeness (QED) is 0.767. The Hall–Kier alpha value is -0.960. The lowest BCUT2D eigenvalue weighted by Gasteiger charge is -2.20. The highest BCUT2D eigenvalue weighted by molar-refractivity contribution is 9.10. The smallest absolute Gasteiger partial charge is 0.420 e. The van der Waals surface area contributed by atoms with Gasteiger partial charge in [0.2, 0.25) is 0 Å². The third-order valence-corrected chi connectivity index (χ3v) is 2.56. The van der Waals surface area contributed by atoms with E-state index in [1.807, 2.05) is 0 Å². The third kappa shape index (κ3) is 3.08. The summed E-state index contributed by atoms with van der Waals surface area (Å²) < 4.78 is 74.2. The zero-order valence-electron chi connectivity index (χ0n) is 8.40. The van der Waals surface area contributed by atoms with Gasteiger partial charge in [-0.3, -0.25) is 0 Å². The highest BCUT2D eigenvalue weighted by atomic mass is 79.9. The Balaban J connectivity index is 3.44. The molecule has 1 atom stereocenters. The van der Waals surface area contributed by atoms with E-state index >= 15 is 0 Å². The van der Waals surface area contributed by atoms with Crippen molar-refractivity contribution in [2.75, 3.05) is 0 Å². The van der Waals surface area contributed by atoms with Gasteiger partial charge in [-0.2, -0.15) is 26.3 Å². The van der Waals surface area contributed by atoms with Crippen LogP contribution >= 0.6 is 15.9 Å². The van der Waals surface area contributed by atoms with Gasteiger partial charge in [-0.15, -0.1) is 0 Å². The van der Waals surface area contributed by atoms with Crippen LogP contribution in [0.4, 0.5) is 26.3 Å². The van der Waals surface area contributed by atoms with Crippen molar-refractivity contribution in [3.05, 3.63) is 27.7 Å². The number of hydrogen-bond donors (Lipinski definition) is 2. The predicted molar refractivity (Wildman–Crippen MR) is 53.8 cm³/mol. The van der Waals surface area contributed by atoms with Crippen molar-refractivity contribution < 1.29 is 31.4 Å². The molecule has 0 aliphatic rings. The minimum atomic E-state index is -4.98. The highest BCUT2D eigenvalue weighted by Gasteiger charge is 2.42. The molecule has 18 heavy (non-hydrogen) atoms. The summed E-state index contributed by atoms with van der Waals surface area (Å²) in [4.78, 5) is 0. The van der Waals surface area contributed by atoms with Crippen LogP contribution in [0, 0.1) is 0 Å². The Morgan fingerprint density at radius 3 is 2.00 bits per heavy atom. The van der Waals surface area contributed by atoms with Gasteiger partial charge in [0.25, 0.3) is 0 Å². The second-order valence-corrected chi connectivity index (χ2v) is 4.32. The number of phenolic OH excluding ortho intramolecular Hbond substituents is 1. The van der Waals surface area contributed by atoms with Gasteiger partial charge in [-0.05, 0) is 12.1 Å². The van der Waals surface area contributed by atoms with Gasteiger partial charge in [0, 0.05) is 10.0 Å². The van der Waals surface area contributed by atoms with Crippen molar-refractivity contribution in [2.24, 2.45) is 5.73 Å². The fourth-order valence-electron chi connectivity index (χ4n) is 1.25. The molecule has 0 heterocycles. The lowest BCUT2D eigenvalue weighted by molar-refractivity contribution is -0.151. The van der Waals surface area contributed by atoms with Crippen molar-refractivity contribution in [1.29, 1.82) is 0 Å². The average Bonchev–Trinajstić information content (AvgIpc) is 2.17. The van der Waals surface area contributed by atoms with Crippen molar-refractivity contribution in [1.82, 2.24) is 0 Å². The van der Waals surface area contributed by atoms with Crippen LogP contribution in [0.3, 0.4) is 0 Å². The van der Waals surface area contributed by atoms with E-state index in [1.54, 1.807) is 0 Å². The molecule has 0 fully saturated rings. The molecule has 0 radical (unpaired) electrons. The fraction of sp³-hybridized carbons (Fsp3) is 0.333. The van der Waals surface area contributed by atoms with Crippen LogP contribution in [0.1, 0.15) is 17.2 Å². The fourth-order valence-corrected chi connectivity index (χ4v) is 1.73. The summed E-state index contributed by atoms with van der Waals surface area (Å²) >= 11 is 2.64. The van der Waals surface area contributed by atoms with Gasteiger partial charge in [0.05, 0.1) is 5.56 Å². The molecule has 0 aliphatic carbocycles. The molecule has 0 spiro atoms. The minimum Gasteiger partial charge on any atom is -0.507 e. The third-order valence-electron chi connectivity index (χ3n) is 2.10. The van der Waals surface area contributed by atoms with E-state index in [1.165, 1.54) is 0 Å². The summed E-state index contributed by atoms with van der Waals surface area (Å²) in [5, 5.41) is 9.26. The molecule has 0 saturated carbocycles. The number of hydrogen-bond acceptors (Lipinski definition) is 2. The molecule has 3 N–H and O–H groups in total. The van der Waals surface area contributed by atoms with E-state index in [-0.39, 0.29) is 4.47 Å². The molecule has 2 nitrogen and oxygen atoms in total. The molecular formula is C9H6BrF6NO. The molecular weight excluding hydrogens is 332 g/mol.